The van der Waals surface area contributed by atoms with Crippen molar-refractivity contribution in [3.05, 3.63) is 77.4 Å². The highest BCUT2D eigenvalue weighted by atomic mass is 32.2. The van der Waals surface area contributed by atoms with E-state index in [1.165, 1.54) is 11.8 Å². The Morgan fingerprint density at radius 2 is 2.10 bits per heavy atom. The number of hydrogen-bond donors (Lipinski definition) is 1. The number of aromatic amines is 1. The maximum absolute atomic E-state index is 13.1. The quantitative estimate of drug-likeness (QED) is 0.400. The molecule has 4 rings (SSSR count). The molecule has 146 valence electrons. The number of rotatable bonds is 5. The molecule has 1 atom stereocenters. The number of pyridine rings is 1. The summed E-state index contributed by atoms with van der Waals surface area (Å²) < 4.78 is 1.61. The molecule has 1 N–H and O–H groups in total. The lowest BCUT2D eigenvalue weighted by molar-refractivity contribution is -0.763. The summed E-state index contributed by atoms with van der Waals surface area (Å²) in [4.78, 5) is 35.1. The molecule has 8 heteroatoms. The third kappa shape index (κ3) is 3.36. The summed E-state index contributed by atoms with van der Waals surface area (Å²) in [6, 6.07) is 12.9. The van der Waals surface area contributed by atoms with Crippen molar-refractivity contribution in [3.63, 3.8) is 0 Å². The van der Waals surface area contributed by atoms with Gasteiger partial charge in [0.05, 0.1) is 11.3 Å². The van der Waals surface area contributed by atoms with Crippen LogP contribution in [0.1, 0.15) is 25.2 Å². The van der Waals surface area contributed by atoms with Crippen LogP contribution in [0.2, 0.25) is 0 Å². The fourth-order valence-corrected chi connectivity index (χ4v) is 4.00. The number of para-hydroxylation sites is 1. The van der Waals surface area contributed by atoms with E-state index in [0.29, 0.717) is 40.0 Å². The first kappa shape index (κ1) is 19.1. The molecule has 0 aliphatic carbocycles. The van der Waals surface area contributed by atoms with Crippen LogP contribution >= 0.6 is 11.8 Å². The zero-order valence-electron chi connectivity index (χ0n) is 15.9. The molecule has 29 heavy (non-hydrogen) atoms. The Bertz CT molecular complexity index is 1130. The van der Waals surface area contributed by atoms with Crippen LogP contribution in [-0.2, 0) is 4.79 Å². The van der Waals surface area contributed by atoms with Crippen LogP contribution in [0.5, 0.6) is 0 Å². The van der Waals surface area contributed by atoms with Gasteiger partial charge in [0.1, 0.15) is 5.69 Å². The molecule has 1 amide bonds. The van der Waals surface area contributed by atoms with Crippen molar-refractivity contribution in [2.75, 3.05) is 10.7 Å². The smallest absolute Gasteiger partial charge is 0.291 e. The second-order valence-electron chi connectivity index (χ2n) is 6.41. The van der Waals surface area contributed by atoms with Gasteiger partial charge in [0.25, 0.3) is 0 Å². The second-order valence-corrected chi connectivity index (χ2v) is 7.42. The van der Waals surface area contributed by atoms with Crippen LogP contribution in [0, 0.1) is 0 Å². The first-order valence-corrected chi connectivity index (χ1v) is 10.3. The van der Waals surface area contributed by atoms with Gasteiger partial charge < -0.3 is 0 Å². The molecule has 3 aromatic rings. The van der Waals surface area contributed by atoms with Gasteiger partial charge in [-0.15, -0.1) is 6.58 Å². The Morgan fingerprint density at radius 3 is 2.83 bits per heavy atom. The normalized spacial score (nSPS) is 14.8. The standard InChI is InChI=1S/C21H19N5O2S/c1-3-13-29-21-23-19(28)18-14-9-5-6-11-16(14)25(17(27)4-2)20(26(18)24-21)15-10-7-8-12-22-15/h3,5-12,20H,1,4,13H2,2H3/p+1/t20-/m1/s1. The fraction of sp³-hybridized carbons (Fsp3) is 0.190. The first-order chi connectivity index (χ1) is 14.2. The van der Waals surface area contributed by atoms with Gasteiger partial charge in [-0.3, -0.25) is 19.6 Å². The Hall–Kier alpha value is -3.26. The summed E-state index contributed by atoms with van der Waals surface area (Å²) in [6.07, 6.45) is 3.08. The Balaban J connectivity index is 2.03. The van der Waals surface area contributed by atoms with E-state index in [4.69, 9.17) is 0 Å². The van der Waals surface area contributed by atoms with E-state index < -0.39 is 6.17 Å². The van der Waals surface area contributed by atoms with E-state index in [2.05, 4.69) is 21.6 Å². The summed E-state index contributed by atoms with van der Waals surface area (Å²) in [7, 11) is 0. The van der Waals surface area contributed by atoms with Crippen LogP contribution in [0.15, 0.2) is 71.3 Å². The predicted octanol–water partition coefficient (Wildman–Crippen LogP) is 2.70. The summed E-state index contributed by atoms with van der Waals surface area (Å²) in [5, 5.41) is 5.14. The van der Waals surface area contributed by atoms with E-state index in [1.54, 1.807) is 21.9 Å². The number of fused-ring (bicyclic) bond motifs is 3. The number of carbonyl (C=O) groups is 1. The van der Waals surface area contributed by atoms with Gasteiger partial charge in [0.2, 0.25) is 11.1 Å². The molecule has 0 saturated heterocycles. The Kier molecular flexibility index (Phi) is 5.26. The van der Waals surface area contributed by atoms with Crippen molar-refractivity contribution < 1.29 is 9.48 Å². The lowest BCUT2D eigenvalue weighted by Gasteiger charge is -2.31. The minimum Gasteiger partial charge on any atom is -0.291 e. The van der Waals surface area contributed by atoms with Crippen LogP contribution in [-0.4, -0.2) is 26.7 Å². The van der Waals surface area contributed by atoms with E-state index >= 15 is 0 Å². The van der Waals surface area contributed by atoms with Crippen LogP contribution in [0.4, 0.5) is 5.69 Å². The van der Waals surface area contributed by atoms with Gasteiger partial charge >= 0.3 is 17.4 Å². The molecule has 2 aromatic heterocycles. The van der Waals surface area contributed by atoms with Gasteiger partial charge in [-0.25, -0.2) is 4.90 Å². The highest BCUT2D eigenvalue weighted by molar-refractivity contribution is 7.99. The number of thioether (sulfide) groups is 1. The maximum Gasteiger partial charge on any atom is 0.325 e. The molecule has 0 spiro atoms. The molecule has 1 aliphatic rings. The molecule has 0 radical (unpaired) electrons. The molecule has 1 aliphatic heterocycles. The molecule has 0 unspecified atom stereocenters. The predicted molar refractivity (Wildman–Crippen MR) is 112 cm³/mol. The zero-order chi connectivity index (χ0) is 20.4. The Morgan fingerprint density at radius 1 is 1.31 bits per heavy atom. The second kappa shape index (κ2) is 8.00. The third-order valence-electron chi connectivity index (χ3n) is 4.62. The molecule has 0 fully saturated rings. The number of amides is 1. The SMILES string of the molecule is C=CCSc1n[n+]2c(c(=O)[nH]1)-c1ccccc1N(C(=O)CC)[C@H]2c1ccccn1. The lowest BCUT2D eigenvalue weighted by atomic mass is 10.0. The third-order valence-corrected chi connectivity index (χ3v) is 5.48. The van der Waals surface area contributed by atoms with Gasteiger partial charge in [-0.05, 0) is 28.9 Å². The minimum absolute atomic E-state index is 0.0753. The monoisotopic (exact) mass is 406 g/mol. The molecular formula is C21H20N5O2S+. The first-order valence-electron chi connectivity index (χ1n) is 9.28. The summed E-state index contributed by atoms with van der Waals surface area (Å²) in [6.45, 7) is 5.53. The number of H-pyrrole nitrogens is 1. The maximum atomic E-state index is 13.1. The number of carbonyl (C=O) groups excluding carboxylic acids is 1. The van der Waals surface area contributed by atoms with Crippen molar-refractivity contribution in [2.45, 2.75) is 24.7 Å². The number of anilines is 1. The number of aromatic nitrogens is 4. The van der Waals surface area contributed by atoms with Crippen molar-refractivity contribution >= 4 is 23.4 Å². The van der Waals surface area contributed by atoms with Crippen LogP contribution < -0.4 is 15.1 Å². The lowest BCUT2D eigenvalue weighted by Crippen LogP contribution is -2.61. The van der Waals surface area contributed by atoms with Crippen LogP contribution in [0.25, 0.3) is 11.3 Å². The van der Waals surface area contributed by atoms with Crippen LogP contribution in [0.3, 0.4) is 0 Å². The fourth-order valence-electron chi connectivity index (χ4n) is 3.41. The van der Waals surface area contributed by atoms with E-state index in [9.17, 15) is 9.59 Å². The van der Waals surface area contributed by atoms with Crippen molar-refractivity contribution in [1.29, 1.82) is 0 Å². The van der Waals surface area contributed by atoms with Crippen molar-refractivity contribution in [1.82, 2.24) is 15.1 Å². The summed E-state index contributed by atoms with van der Waals surface area (Å²) in [5.74, 6) is 0.527. The minimum atomic E-state index is -0.654. The average Bonchev–Trinajstić information content (AvgIpc) is 2.76. The Labute approximate surface area is 172 Å². The topological polar surface area (TPSA) is 82.8 Å². The number of nitrogens with one attached hydrogen (secondary N) is 1. The molecular weight excluding hydrogens is 386 g/mol. The molecule has 0 bridgehead atoms. The van der Waals surface area contributed by atoms with Crippen molar-refractivity contribution in [2.24, 2.45) is 0 Å². The molecule has 1 aromatic carbocycles. The van der Waals surface area contributed by atoms with Gasteiger partial charge in [-0.2, -0.15) is 0 Å². The van der Waals surface area contributed by atoms with Gasteiger partial charge in [0.15, 0.2) is 0 Å². The van der Waals surface area contributed by atoms with E-state index in [1.807, 2.05) is 49.4 Å². The summed E-state index contributed by atoms with van der Waals surface area (Å²) >= 11 is 1.37. The highest BCUT2D eigenvalue weighted by Crippen LogP contribution is 2.37. The molecule has 7 nitrogen and oxygen atoms in total. The molecule has 3 heterocycles. The van der Waals surface area contributed by atoms with Gasteiger partial charge in [-0.1, -0.05) is 43.0 Å². The average molecular weight is 406 g/mol. The number of hydrogen-bond acceptors (Lipinski definition) is 5. The van der Waals surface area contributed by atoms with Gasteiger partial charge in [0, 0.05) is 23.5 Å². The highest BCUT2D eigenvalue weighted by Gasteiger charge is 2.45. The van der Waals surface area contributed by atoms with Crippen molar-refractivity contribution in [3.8, 4) is 11.3 Å². The zero-order valence-corrected chi connectivity index (χ0v) is 16.7. The van der Waals surface area contributed by atoms with E-state index in [-0.39, 0.29) is 11.5 Å². The number of benzene rings is 1. The molecule has 0 saturated carbocycles. The number of nitrogens with zero attached hydrogens (tertiary/aromatic N) is 4. The van der Waals surface area contributed by atoms with E-state index in [0.717, 1.165) is 0 Å². The largest absolute Gasteiger partial charge is 0.325 e. The summed E-state index contributed by atoms with van der Waals surface area (Å²) in [5.41, 5.74) is 2.11.